The fraction of sp³-hybridized carbons (Fsp3) is 0.154. The van der Waals surface area contributed by atoms with Crippen LogP contribution < -0.4 is 61.6 Å². The van der Waals surface area contributed by atoms with Gasteiger partial charge in [-0.2, -0.15) is 0 Å². The molecule has 2 nitrogen and oxygen atoms in total. The van der Waals surface area contributed by atoms with Crippen molar-refractivity contribution in [3.05, 3.63) is 53.6 Å². The van der Waals surface area contributed by atoms with E-state index in [2.05, 4.69) is 4.98 Å². The number of halogens is 4. The molecular formula is C13H11BF4KNO. The zero-order valence-electron chi connectivity index (χ0n) is 11.6. The SMILES string of the molecule is Cc1cccc(COc2ccc([B-](F)(F)F)c(F)c2)n1.[K+]. The van der Waals surface area contributed by atoms with Gasteiger partial charge < -0.3 is 17.7 Å². The Hall–Kier alpha value is -0.409. The van der Waals surface area contributed by atoms with E-state index in [9.17, 15) is 17.3 Å². The van der Waals surface area contributed by atoms with Crippen molar-refractivity contribution >= 4 is 12.4 Å². The van der Waals surface area contributed by atoms with Gasteiger partial charge in [-0.25, -0.2) is 4.39 Å². The predicted octanol–water partition coefficient (Wildman–Crippen LogP) is 0.167. The van der Waals surface area contributed by atoms with E-state index < -0.39 is 18.3 Å². The summed E-state index contributed by atoms with van der Waals surface area (Å²) in [6.07, 6.45) is 0. The van der Waals surface area contributed by atoms with Gasteiger partial charge in [0, 0.05) is 11.8 Å². The molecule has 1 aromatic carbocycles. The van der Waals surface area contributed by atoms with E-state index in [1.54, 1.807) is 12.1 Å². The molecule has 1 heterocycles. The average molecular weight is 323 g/mol. The second-order valence-corrected chi connectivity index (χ2v) is 4.32. The molecule has 8 heteroatoms. The maximum absolute atomic E-state index is 13.3. The van der Waals surface area contributed by atoms with Crippen LogP contribution in [-0.4, -0.2) is 12.0 Å². The molecule has 2 aromatic rings. The Kier molecular flexibility index (Phi) is 6.86. The first-order chi connectivity index (χ1) is 9.36. The van der Waals surface area contributed by atoms with E-state index in [4.69, 9.17) is 4.74 Å². The van der Waals surface area contributed by atoms with E-state index in [1.807, 2.05) is 13.0 Å². The Morgan fingerprint density at radius 2 is 1.86 bits per heavy atom. The molecule has 0 atom stereocenters. The summed E-state index contributed by atoms with van der Waals surface area (Å²) in [4.78, 5) is 4.17. The maximum atomic E-state index is 13.3. The summed E-state index contributed by atoms with van der Waals surface area (Å²) in [5, 5.41) is 0. The number of hydrogen-bond acceptors (Lipinski definition) is 2. The largest absolute Gasteiger partial charge is 1.00 e. The number of aromatic nitrogens is 1. The number of hydrogen-bond donors (Lipinski definition) is 0. The summed E-state index contributed by atoms with van der Waals surface area (Å²) in [6.45, 7) is -3.48. The third-order valence-electron chi connectivity index (χ3n) is 2.66. The van der Waals surface area contributed by atoms with Gasteiger partial charge in [0.05, 0.1) is 11.5 Å². The fourth-order valence-electron chi connectivity index (χ4n) is 1.70. The second kappa shape index (κ2) is 7.73. The smallest absolute Gasteiger partial charge is 0.487 e. The number of rotatable bonds is 4. The molecule has 0 N–H and O–H groups in total. The van der Waals surface area contributed by atoms with E-state index in [0.717, 1.165) is 17.8 Å². The van der Waals surface area contributed by atoms with Crippen molar-refractivity contribution in [2.75, 3.05) is 0 Å². The quantitative estimate of drug-likeness (QED) is 0.591. The molecule has 1 aromatic heterocycles. The summed E-state index contributed by atoms with van der Waals surface area (Å²) in [5.74, 6) is -1.29. The van der Waals surface area contributed by atoms with Crippen LogP contribution in [0, 0.1) is 12.7 Å². The first-order valence-corrected chi connectivity index (χ1v) is 5.91. The Morgan fingerprint density at radius 3 is 2.43 bits per heavy atom. The first kappa shape index (κ1) is 18.6. The van der Waals surface area contributed by atoms with Crippen molar-refractivity contribution in [2.24, 2.45) is 0 Å². The summed E-state index contributed by atoms with van der Waals surface area (Å²) in [5.41, 5.74) is 0.174. The van der Waals surface area contributed by atoms with E-state index >= 15 is 0 Å². The molecule has 0 aliphatic heterocycles. The van der Waals surface area contributed by atoms with Gasteiger partial charge in [0.2, 0.25) is 0 Å². The summed E-state index contributed by atoms with van der Waals surface area (Å²) in [6, 6.07) is 7.84. The van der Waals surface area contributed by atoms with Crippen molar-refractivity contribution < 1.29 is 73.5 Å². The molecule has 0 fully saturated rings. The normalized spacial score (nSPS) is 10.9. The van der Waals surface area contributed by atoms with Crippen LogP contribution in [0.2, 0.25) is 0 Å². The van der Waals surface area contributed by atoms with Gasteiger partial charge in [-0.3, -0.25) is 4.98 Å². The molecule has 0 saturated heterocycles. The van der Waals surface area contributed by atoms with Crippen molar-refractivity contribution in [1.82, 2.24) is 4.98 Å². The minimum absolute atomic E-state index is 0. The van der Waals surface area contributed by atoms with Gasteiger partial charge in [0.1, 0.15) is 12.4 Å². The monoisotopic (exact) mass is 323 g/mol. The van der Waals surface area contributed by atoms with E-state index in [-0.39, 0.29) is 63.7 Å². The molecule has 0 aliphatic rings. The van der Waals surface area contributed by atoms with Crippen LogP contribution in [0.3, 0.4) is 0 Å². The molecule has 0 bridgehead atoms. The van der Waals surface area contributed by atoms with Gasteiger partial charge in [-0.1, -0.05) is 17.6 Å². The van der Waals surface area contributed by atoms with Crippen LogP contribution in [0.5, 0.6) is 5.75 Å². The van der Waals surface area contributed by atoms with Gasteiger partial charge in [0.25, 0.3) is 0 Å². The molecule has 106 valence electrons. The minimum atomic E-state index is -5.35. The van der Waals surface area contributed by atoms with Gasteiger partial charge in [-0.05, 0) is 25.1 Å². The standard InChI is InChI=1S/C13H11BF4NO.K/c1-9-3-2-4-10(19-9)8-20-11-5-6-12(13(15)7-11)14(16,17)18;/h2-7H,8H2,1H3;/q-1;+1. The van der Waals surface area contributed by atoms with Crippen molar-refractivity contribution in [2.45, 2.75) is 13.5 Å². The predicted molar refractivity (Wildman–Crippen MR) is 68.4 cm³/mol. The fourth-order valence-corrected chi connectivity index (χ4v) is 1.70. The van der Waals surface area contributed by atoms with E-state index in [0.29, 0.717) is 11.8 Å². The zero-order chi connectivity index (χ0) is 14.8. The maximum Gasteiger partial charge on any atom is 1.00 e. The van der Waals surface area contributed by atoms with Crippen molar-refractivity contribution in [3.8, 4) is 5.75 Å². The number of benzene rings is 1. The molecule has 0 saturated carbocycles. The number of nitrogens with zero attached hydrogens (tertiary/aromatic N) is 1. The molecular weight excluding hydrogens is 312 g/mol. The van der Waals surface area contributed by atoms with Crippen LogP contribution >= 0.6 is 0 Å². The average Bonchev–Trinajstić information content (AvgIpc) is 2.35. The number of aryl methyl sites for hydroxylation is 1. The summed E-state index contributed by atoms with van der Waals surface area (Å²) >= 11 is 0. The Bertz CT molecular complexity index is 621. The molecule has 0 amide bonds. The van der Waals surface area contributed by atoms with Gasteiger partial charge >= 0.3 is 58.4 Å². The van der Waals surface area contributed by atoms with Gasteiger partial charge in [0.15, 0.2) is 0 Å². The summed E-state index contributed by atoms with van der Waals surface area (Å²) in [7, 11) is 0. The van der Waals surface area contributed by atoms with Crippen LogP contribution in [0.4, 0.5) is 17.3 Å². The van der Waals surface area contributed by atoms with Gasteiger partial charge in [-0.15, -0.1) is 0 Å². The van der Waals surface area contributed by atoms with Crippen LogP contribution in [0.1, 0.15) is 11.4 Å². The minimum Gasteiger partial charge on any atom is -0.487 e. The zero-order valence-corrected chi connectivity index (χ0v) is 14.7. The van der Waals surface area contributed by atoms with Crippen LogP contribution in [0.25, 0.3) is 0 Å². The third-order valence-corrected chi connectivity index (χ3v) is 2.66. The molecule has 2 rings (SSSR count). The first-order valence-electron chi connectivity index (χ1n) is 5.91. The van der Waals surface area contributed by atoms with E-state index in [1.165, 1.54) is 0 Å². The third kappa shape index (κ3) is 5.37. The molecule has 21 heavy (non-hydrogen) atoms. The summed E-state index contributed by atoms with van der Waals surface area (Å²) < 4.78 is 55.9. The van der Waals surface area contributed by atoms with Crippen LogP contribution in [0.15, 0.2) is 36.4 Å². The second-order valence-electron chi connectivity index (χ2n) is 4.32. The molecule has 0 aliphatic carbocycles. The Labute approximate surface area is 162 Å². The van der Waals surface area contributed by atoms with Crippen LogP contribution in [-0.2, 0) is 6.61 Å². The Balaban J connectivity index is 0.00000220. The molecule has 0 unspecified atom stereocenters. The number of ether oxygens (including phenoxy) is 1. The van der Waals surface area contributed by atoms with Crippen molar-refractivity contribution in [1.29, 1.82) is 0 Å². The Morgan fingerprint density at radius 1 is 1.14 bits per heavy atom. The topological polar surface area (TPSA) is 22.1 Å². The van der Waals surface area contributed by atoms with Crippen molar-refractivity contribution in [3.63, 3.8) is 0 Å². The molecule has 0 spiro atoms. The number of pyridine rings is 1. The molecule has 0 radical (unpaired) electrons.